The SMILES string of the molecule is COc1ccc(S(=O)(=O)Nc2cc(Cl)ccn2)cc1OC. The lowest BCUT2D eigenvalue weighted by molar-refractivity contribution is 0.354. The first-order chi connectivity index (χ1) is 9.96. The van der Waals surface area contributed by atoms with Crippen molar-refractivity contribution in [2.24, 2.45) is 0 Å². The van der Waals surface area contributed by atoms with Crippen molar-refractivity contribution in [3.63, 3.8) is 0 Å². The minimum Gasteiger partial charge on any atom is -0.493 e. The van der Waals surface area contributed by atoms with E-state index in [1.807, 2.05) is 0 Å². The Balaban J connectivity index is 2.35. The van der Waals surface area contributed by atoms with E-state index in [1.54, 1.807) is 6.07 Å². The molecule has 8 heteroatoms. The van der Waals surface area contributed by atoms with Crippen molar-refractivity contribution in [3.05, 3.63) is 41.6 Å². The molecular formula is C13H13ClN2O4S. The van der Waals surface area contributed by atoms with Gasteiger partial charge in [-0.3, -0.25) is 4.72 Å². The van der Waals surface area contributed by atoms with Crippen molar-refractivity contribution in [2.45, 2.75) is 4.90 Å². The monoisotopic (exact) mass is 328 g/mol. The Morgan fingerprint density at radius 1 is 1.10 bits per heavy atom. The number of aromatic nitrogens is 1. The van der Waals surface area contributed by atoms with E-state index in [4.69, 9.17) is 21.1 Å². The minimum absolute atomic E-state index is 0.0296. The van der Waals surface area contributed by atoms with Gasteiger partial charge in [-0.05, 0) is 18.2 Å². The van der Waals surface area contributed by atoms with Crippen LogP contribution in [0.25, 0.3) is 0 Å². The highest BCUT2D eigenvalue weighted by Gasteiger charge is 2.17. The van der Waals surface area contributed by atoms with E-state index in [0.29, 0.717) is 16.5 Å². The summed E-state index contributed by atoms with van der Waals surface area (Å²) in [5, 5.41) is 0.384. The van der Waals surface area contributed by atoms with Crippen LogP contribution in [0.5, 0.6) is 11.5 Å². The Bertz CT molecular complexity index is 750. The van der Waals surface area contributed by atoms with Gasteiger partial charge < -0.3 is 9.47 Å². The maximum Gasteiger partial charge on any atom is 0.263 e. The molecule has 0 radical (unpaired) electrons. The largest absolute Gasteiger partial charge is 0.493 e. The van der Waals surface area contributed by atoms with Crippen molar-refractivity contribution >= 4 is 27.4 Å². The topological polar surface area (TPSA) is 77.5 Å². The average Bonchev–Trinajstić information content (AvgIpc) is 2.46. The second kappa shape index (κ2) is 6.19. The van der Waals surface area contributed by atoms with Gasteiger partial charge in [0.05, 0.1) is 19.1 Å². The molecule has 0 aliphatic rings. The molecule has 0 amide bonds. The number of anilines is 1. The Morgan fingerprint density at radius 2 is 1.81 bits per heavy atom. The molecule has 0 atom stereocenters. The molecule has 1 heterocycles. The van der Waals surface area contributed by atoms with E-state index in [1.165, 1.54) is 44.7 Å². The third-order valence-corrected chi connectivity index (χ3v) is 4.21. The molecular weight excluding hydrogens is 316 g/mol. The summed E-state index contributed by atoms with van der Waals surface area (Å²) in [6, 6.07) is 7.26. The maximum absolute atomic E-state index is 12.3. The quantitative estimate of drug-likeness (QED) is 0.912. The summed E-state index contributed by atoms with van der Waals surface area (Å²) in [5.41, 5.74) is 0. The van der Waals surface area contributed by atoms with Crippen LogP contribution in [-0.2, 0) is 10.0 Å². The number of nitrogens with one attached hydrogen (secondary N) is 1. The lowest BCUT2D eigenvalue weighted by atomic mass is 10.3. The molecule has 0 saturated carbocycles. The average molecular weight is 329 g/mol. The lowest BCUT2D eigenvalue weighted by Gasteiger charge is -2.11. The van der Waals surface area contributed by atoms with Crippen LogP contribution in [0.1, 0.15) is 0 Å². The number of pyridine rings is 1. The molecule has 2 aromatic rings. The fourth-order valence-electron chi connectivity index (χ4n) is 1.64. The second-order valence-electron chi connectivity index (χ2n) is 3.98. The number of methoxy groups -OCH3 is 2. The van der Waals surface area contributed by atoms with Crippen LogP contribution in [0.4, 0.5) is 5.82 Å². The van der Waals surface area contributed by atoms with Gasteiger partial charge >= 0.3 is 0 Å². The van der Waals surface area contributed by atoms with Crippen molar-refractivity contribution in [2.75, 3.05) is 18.9 Å². The molecule has 6 nitrogen and oxygen atoms in total. The van der Waals surface area contributed by atoms with Gasteiger partial charge in [0.2, 0.25) is 0 Å². The predicted octanol–water partition coefficient (Wildman–Crippen LogP) is 2.55. The van der Waals surface area contributed by atoms with Crippen molar-refractivity contribution in [1.82, 2.24) is 4.98 Å². The lowest BCUT2D eigenvalue weighted by Crippen LogP contribution is -2.14. The first kappa shape index (κ1) is 15.4. The summed E-state index contributed by atoms with van der Waals surface area (Å²) >= 11 is 5.80. The molecule has 21 heavy (non-hydrogen) atoms. The standard InChI is InChI=1S/C13H13ClN2O4S/c1-19-11-4-3-10(8-12(11)20-2)21(17,18)16-13-7-9(14)5-6-15-13/h3-8H,1-2H3,(H,15,16). The molecule has 112 valence electrons. The van der Waals surface area contributed by atoms with E-state index >= 15 is 0 Å². The Labute approximate surface area is 127 Å². The van der Waals surface area contributed by atoms with Crippen LogP contribution in [0.2, 0.25) is 5.02 Å². The van der Waals surface area contributed by atoms with Crippen LogP contribution < -0.4 is 14.2 Å². The van der Waals surface area contributed by atoms with E-state index in [9.17, 15) is 8.42 Å². The van der Waals surface area contributed by atoms with Crippen molar-refractivity contribution < 1.29 is 17.9 Å². The number of sulfonamides is 1. The predicted molar refractivity (Wildman–Crippen MR) is 79.6 cm³/mol. The zero-order valence-electron chi connectivity index (χ0n) is 11.3. The number of hydrogen-bond donors (Lipinski definition) is 1. The van der Waals surface area contributed by atoms with Gasteiger partial charge in [-0.25, -0.2) is 13.4 Å². The van der Waals surface area contributed by atoms with E-state index < -0.39 is 10.0 Å². The molecule has 0 spiro atoms. The van der Waals surface area contributed by atoms with Gasteiger partial charge in [0.1, 0.15) is 5.82 Å². The molecule has 1 aromatic heterocycles. The molecule has 0 aliphatic heterocycles. The fraction of sp³-hybridized carbons (Fsp3) is 0.154. The van der Waals surface area contributed by atoms with Crippen LogP contribution >= 0.6 is 11.6 Å². The van der Waals surface area contributed by atoms with Crippen LogP contribution in [0.3, 0.4) is 0 Å². The molecule has 0 fully saturated rings. The number of ether oxygens (including phenoxy) is 2. The third-order valence-electron chi connectivity index (χ3n) is 2.63. The van der Waals surface area contributed by atoms with Gasteiger partial charge in [0.15, 0.2) is 11.5 Å². The molecule has 0 saturated heterocycles. The molecule has 0 bridgehead atoms. The van der Waals surface area contributed by atoms with Gasteiger partial charge in [-0.15, -0.1) is 0 Å². The Morgan fingerprint density at radius 3 is 2.43 bits per heavy atom. The van der Waals surface area contributed by atoms with Crippen molar-refractivity contribution in [3.8, 4) is 11.5 Å². The van der Waals surface area contributed by atoms with Crippen LogP contribution in [0.15, 0.2) is 41.4 Å². The Hall–Kier alpha value is -1.99. The number of rotatable bonds is 5. The molecule has 1 N–H and O–H groups in total. The normalized spacial score (nSPS) is 11.0. The first-order valence-electron chi connectivity index (χ1n) is 5.82. The highest BCUT2D eigenvalue weighted by Crippen LogP contribution is 2.30. The number of hydrogen-bond acceptors (Lipinski definition) is 5. The molecule has 2 rings (SSSR count). The summed E-state index contributed by atoms with van der Waals surface area (Å²) in [4.78, 5) is 3.93. The third kappa shape index (κ3) is 3.56. The van der Waals surface area contributed by atoms with E-state index in [0.717, 1.165) is 0 Å². The molecule has 0 aliphatic carbocycles. The highest BCUT2D eigenvalue weighted by atomic mass is 35.5. The smallest absolute Gasteiger partial charge is 0.263 e. The summed E-state index contributed by atoms with van der Waals surface area (Å²) in [7, 11) is -0.891. The summed E-state index contributed by atoms with van der Waals surface area (Å²) in [6.07, 6.45) is 1.41. The van der Waals surface area contributed by atoms with Gasteiger partial charge in [0, 0.05) is 23.4 Å². The summed E-state index contributed by atoms with van der Waals surface area (Å²) in [5.74, 6) is 0.897. The van der Waals surface area contributed by atoms with Crippen molar-refractivity contribution in [1.29, 1.82) is 0 Å². The van der Waals surface area contributed by atoms with Crippen LogP contribution in [-0.4, -0.2) is 27.6 Å². The molecule has 1 aromatic carbocycles. The Kier molecular flexibility index (Phi) is 4.54. The zero-order chi connectivity index (χ0) is 15.5. The fourth-order valence-corrected chi connectivity index (χ4v) is 2.81. The van der Waals surface area contributed by atoms with Crippen LogP contribution in [0, 0.1) is 0 Å². The van der Waals surface area contributed by atoms with E-state index in [2.05, 4.69) is 9.71 Å². The van der Waals surface area contributed by atoms with Gasteiger partial charge in [0.25, 0.3) is 10.0 Å². The first-order valence-corrected chi connectivity index (χ1v) is 7.69. The number of nitrogens with zero attached hydrogens (tertiary/aromatic N) is 1. The highest BCUT2D eigenvalue weighted by molar-refractivity contribution is 7.92. The number of halogens is 1. The number of benzene rings is 1. The molecule has 0 unspecified atom stereocenters. The summed E-state index contributed by atoms with van der Waals surface area (Å²) in [6.45, 7) is 0. The maximum atomic E-state index is 12.3. The van der Waals surface area contributed by atoms with E-state index in [-0.39, 0.29) is 10.7 Å². The second-order valence-corrected chi connectivity index (χ2v) is 6.10. The summed E-state index contributed by atoms with van der Waals surface area (Å²) < 4.78 is 37.1. The zero-order valence-corrected chi connectivity index (χ0v) is 12.9. The van der Waals surface area contributed by atoms with Gasteiger partial charge in [-0.1, -0.05) is 11.6 Å². The minimum atomic E-state index is -3.79. The van der Waals surface area contributed by atoms with Gasteiger partial charge in [-0.2, -0.15) is 0 Å².